The molecule has 3 aromatic rings. The molecule has 32 heavy (non-hydrogen) atoms. The van der Waals surface area contributed by atoms with Crippen molar-refractivity contribution in [2.24, 2.45) is 0 Å². The van der Waals surface area contributed by atoms with Gasteiger partial charge in [-0.25, -0.2) is 14.3 Å². The third-order valence-electron chi connectivity index (χ3n) is 4.67. The molecule has 0 radical (unpaired) electrons. The van der Waals surface area contributed by atoms with E-state index in [-0.39, 0.29) is 17.7 Å². The predicted octanol–water partition coefficient (Wildman–Crippen LogP) is 3.95. The van der Waals surface area contributed by atoms with Crippen molar-refractivity contribution >= 4 is 23.5 Å². The van der Waals surface area contributed by atoms with E-state index in [1.807, 2.05) is 0 Å². The van der Waals surface area contributed by atoms with E-state index in [2.05, 4.69) is 5.32 Å². The van der Waals surface area contributed by atoms with Gasteiger partial charge in [-0.05, 0) is 59.2 Å². The number of carbonyl (C=O) groups excluding carboxylic acids is 2. The molecule has 164 valence electrons. The van der Waals surface area contributed by atoms with Crippen LogP contribution in [-0.2, 0) is 11.3 Å². The number of hydrogen-bond donors (Lipinski definition) is 3. The minimum absolute atomic E-state index is 0.158. The summed E-state index contributed by atoms with van der Waals surface area (Å²) in [4.78, 5) is 24.4. The van der Waals surface area contributed by atoms with Crippen LogP contribution < -0.4 is 15.5 Å². The van der Waals surface area contributed by atoms with E-state index in [1.54, 1.807) is 41.9 Å². The van der Waals surface area contributed by atoms with Crippen molar-refractivity contribution in [2.45, 2.75) is 6.54 Å². The van der Waals surface area contributed by atoms with Crippen LogP contribution >= 0.6 is 0 Å². The Bertz CT molecular complexity index is 1140. The summed E-state index contributed by atoms with van der Waals surface area (Å²) in [6, 6.07) is 16.4. The van der Waals surface area contributed by atoms with Crippen LogP contribution in [0, 0.1) is 11.6 Å². The SMILES string of the molecule is COc1ccc(C(=Cc2ccc(F)c(F)c2)C(=O)NCc2ccc(C(=O)NO)cc2)cc1. The summed E-state index contributed by atoms with van der Waals surface area (Å²) in [6.07, 6.45) is 1.47. The fraction of sp³-hybridized carbons (Fsp3) is 0.0833. The second-order valence-electron chi connectivity index (χ2n) is 6.78. The normalized spacial score (nSPS) is 11.1. The van der Waals surface area contributed by atoms with E-state index in [0.717, 1.165) is 17.7 Å². The molecule has 0 aliphatic carbocycles. The topological polar surface area (TPSA) is 87.7 Å². The monoisotopic (exact) mass is 438 g/mol. The zero-order valence-electron chi connectivity index (χ0n) is 17.1. The van der Waals surface area contributed by atoms with Gasteiger partial charge in [0.1, 0.15) is 5.75 Å². The second-order valence-corrected chi connectivity index (χ2v) is 6.78. The molecule has 0 bridgehead atoms. The van der Waals surface area contributed by atoms with Crippen LogP contribution in [0.5, 0.6) is 5.75 Å². The Balaban J connectivity index is 1.84. The first kappa shape index (κ1) is 22.6. The molecule has 3 aromatic carbocycles. The van der Waals surface area contributed by atoms with Crippen LogP contribution in [0.4, 0.5) is 8.78 Å². The minimum atomic E-state index is -1.01. The molecule has 0 unspecified atom stereocenters. The Hall–Kier alpha value is -4.04. The summed E-state index contributed by atoms with van der Waals surface area (Å²) in [7, 11) is 1.52. The average molecular weight is 438 g/mol. The molecule has 0 saturated carbocycles. The van der Waals surface area contributed by atoms with Gasteiger partial charge in [-0.2, -0.15) is 0 Å². The summed E-state index contributed by atoms with van der Waals surface area (Å²) in [5.74, 6) is -2.46. The quantitative estimate of drug-likeness (QED) is 0.226. The summed E-state index contributed by atoms with van der Waals surface area (Å²) in [6.45, 7) is 0.158. The maximum absolute atomic E-state index is 13.7. The van der Waals surface area contributed by atoms with Gasteiger partial charge in [0.05, 0.1) is 7.11 Å². The lowest BCUT2D eigenvalue weighted by atomic mass is 10.0. The molecule has 0 aliphatic rings. The molecule has 8 heteroatoms. The Morgan fingerprint density at radius 1 is 0.938 bits per heavy atom. The van der Waals surface area contributed by atoms with E-state index in [1.165, 1.54) is 31.4 Å². The second kappa shape index (κ2) is 10.3. The van der Waals surface area contributed by atoms with Gasteiger partial charge in [0, 0.05) is 17.7 Å². The van der Waals surface area contributed by atoms with Gasteiger partial charge in [0.15, 0.2) is 11.6 Å². The third-order valence-corrected chi connectivity index (χ3v) is 4.67. The van der Waals surface area contributed by atoms with Crippen LogP contribution in [0.3, 0.4) is 0 Å². The van der Waals surface area contributed by atoms with Crippen molar-refractivity contribution in [2.75, 3.05) is 7.11 Å². The largest absolute Gasteiger partial charge is 0.497 e. The smallest absolute Gasteiger partial charge is 0.274 e. The Labute approximate surface area is 183 Å². The van der Waals surface area contributed by atoms with Crippen molar-refractivity contribution in [3.05, 3.63) is 101 Å². The molecular weight excluding hydrogens is 418 g/mol. The van der Waals surface area contributed by atoms with Crippen molar-refractivity contribution in [1.29, 1.82) is 0 Å². The highest BCUT2D eigenvalue weighted by Gasteiger charge is 2.14. The molecule has 0 heterocycles. The number of carbonyl (C=O) groups is 2. The summed E-state index contributed by atoms with van der Waals surface area (Å²) >= 11 is 0. The third kappa shape index (κ3) is 5.55. The molecule has 0 spiro atoms. The number of hydroxylamine groups is 1. The number of hydrogen-bond acceptors (Lipinski definition) is 4. The fourth-order valence-electron chi connectivity index (χ4n) is 2.94. The van der Waals surface area contributed by atoms with Gasteiger partial charge >= 0.3 is 0 Å². The molecule has 3 rings (SSSR count). The van der Waals surface area contributed by atoms with Gasteiger partial charge in [-0.3, -0.25) is 14.8 Å². The number of rotatable bonds is 7. The lowest BCUT2D eigenvalue weighted by Crippen LogP contribution is -2.24. The highest BCUT2D eigenvalue weighted by atomic mass is 19.2. The highest BCUT2D eigenvalue weighted by molar-refractivity contribution is 6.24. The van der Waals surface area contributed by atoms with Crippen LogP contribution in [0.25, 0.3) is 11.6 Å². The Morgan fingerprint density at radius 3 is 2.19 bits per heavy atom. The van der Waals surface area contributed by atoms with E-state index in [0.29, 0.717) is 16.9 Å². The first-order valence-corrected chi connectivity index (χ1v) is 9.54. The molecule has 2 amide bonds. The van der Waals surface area contributed by atoms with Crippen LogP contribution in [0.15, 0.2) is 66.7 Å². The average Bonchev–Trinajstić information content (AvgIpc) is 2.83. The van der Waals surface area contributed by atoms with Crippen molar-refractivity contribution in [3.8, 4) is 5.75 Å². The van der Waals surface area contributed by atoms with Crippen molar-refractivity contribution in [1.82, 2.24) is 10.8 Å². The van der Waals surface area contributed by atoms with E-state index in [9.17, 15) is 18.4 Å². The van der Waals surface area contributed by atoms with Gasteiger partial charge < -0.3 is 10.1 Å². The van der Waals surface area contributed by atoms with Gasteiger partial charge in [-0.15, -0.1) is 0 Å². The number of halogens is 2. The first-order chi connectivity index (χ1) is 15.4. The predicted molar refractivity (Wildman–Crippen MR) is 115 cm³/mol. The molecule has 0 aromatic heterocycles. The molecule has 6 nitrogen and oxygen atoms in total. The van der Waals surface area contributed by atoms with Crippen LogP contribution in [-0.4, -0.2) is 24.1 Å². The first-order valence-electron chi connectivity index (χ1n) is 9.54. The molecular formula is C24H20F2N2O4. The number of ether oxygens (including phenoxy) is 1. The van der Waals surface area contributed by atoms with Crippen molar-refractivity contribution in [3.63, 3.8) is 0 Å². The highest BCUT2D eigenvalue weighted by Crippen LogP contribution is 2.23. The zero-order chi connectivity index (χ0) is 23.1. The van der Waals surface area contributed by atoms with Gasteiger partial charge in [0.25, 0.3) is 11.8 Å². The fourth-order valence-corrected chi connectivity index (χ4v) is 2.94. The molecule has 0 atom stereocenters. The zero-order valence-corrected chi connectivity index (χ0v) is 17.1. The molecule has 0 aliphatic heterocycles. The van der Waals surface area contributed by atoms with Gasteiger partial charge in [-0.1, -0.05) is 30.3 Å². The van der Waals surface area contributed by atoms with Crippen LogP contribution in [0.1, 0.15) is 27.0 Å². The van der Waals surface area contributed by atoms with E-state index < -0.39 is 23.4 Å². The van der Waals surface area contributed by atoms with Gasteiger partial charge in [0.2, 0.25) is 0 Å². The molecule has 0 saturated heterocycles. The molecule has 3 N–H and O–H groups in total. The summed E-state index contributed by atoms with van der Waals surface area (Å²) < 4.78 is 32.1. The number of methoxy groups -OCH3 is 1. The standard InChI is InChI=1S/C24H20F2N2O4/c1-32-19-9-7-17(8-10-19)20(12-16-4-11-21(25)22(26)13-16)24(30)27-14-15-2-5-18(6-3-15)23(29)28-31/h2-13,31H,14H2,1H3,(H,27,30)(H,28,29). The van der Waals surface area contributed by atoms with E-state index in [4.69, 9.17) is 9.94 Å². The van der Waals surface area contributed by atoms with E-state index >= 15 is 0 Å². The molecule has 0 fully saturated rings. The lowest BCUT2D eigenvalue weighted by molar-refractivity contribution is -0.115. The number of nitrogens with one attached hydrogen (secondary N) is 2. The Kier molecular flexibility index (Phi) is 7.30. The number of benzene rings is 3. The maximum Gasteiger partial charge on any atom is 0.274 e. The lowest BCUT2D eigenvalue weighted by Gasteiger charge is -2.11. The summed E-state index contributed by atoms with van der Waals surface area (Å²) in [5, 5.41) is 11.5. The Morgan fingerprint density at radius 2 is 1.59 bits per heavy atom. The van der Waals surface area contributed by atoms with Crippen LogP contribution in [0.2, 0.25) is 0 Å². The van der Waals surface area contributed by atoms with Crippen molar-refractivity contribution < 1.29 is 28.3 Å². The maximum atomic E-state index is 13.7. The summed E-state index contributed by atoms with van der Waals surface area (Å²) in [5.41, 5.74) is 3.66. The number of amides is 2. The minimum Gasteiger partial charge on any atom is -0.497 e.